The second-order valence-corrected chi connectivity index (χ2v) is 9.07. The van der Waals surface area contributed by atoms with Crippen LogP contribution < -0.4 is 10.9 Å². The van der Waals surface area contributed by atoms with Gasteiger partial charge >= 0.3 is 0 Å². The van der Waals surface area contributed by atoms with E-state index in [1.54, 1.807) is 25.1 Å². The van der Waals surface area contributed by atoms with E-state index in [1.165, 1.54) is 10.9 Å². The van der Waals surface area contributed by atoms with Crippen LogP contribution in [0.4, 0.5) is 0 Å². The number of nitrogens with zero attached hydrogens (tertiary/aromatic N) is 3. The first kappa shape index (κ1) is 23.3. The first-order chi connectivity index (χ1) is 15.8. The number of hydrogen-bond acceptors (Lipinski definition) is 4. The number of rotatable bonds is 5. The highest BCUT2D eigenvalue weighted by Gasteiger charge is 2.22. The summed E-state index contributed by atoms with van der Waals surface area (Å²) in [5, 5.41) is 4.14. The molecule has 1 aromatic heterocycles. The molecule has 2 aromatic carbocycles. The van der Waals surface area contributed by atoms with Crippen molar-refractivity contribution in [1.29, 1.82) is 0 Å². The highest BCUT2D eigenvalue weighted by molar-refractivity contribution is 6.42. The molecular weight excluding hydrogens is 463 g/mol. The molecule has 1 N–H and O–H groups in total. The number of carbonyl (C=O) groups is 2. The van der Waals surface area contributed by atoms with Gasteiger partial charge in [-0.15, -0.1) is 0 Å². The number of aromatic nitrogens is 2. The zero-order chi connectivity index (χ0) is 23.5. The van der Waals surface area contributed by atoms with E-state index in [1.807, 2.05) is 23.1 Å². The van der Waals surface area contributed by atoms with Crippen molar-refractivity contribution >= 4 is 45.9 Å². The van der Waals surface area contributed by atoms with E-state index in [4.69, 9.17) is 23.2 Å². The molecule has 1 fully saturated rings. The summed E-state index contributed by atoms with van der Waals surface area (Å²) in [5.41, 5.74) is 2.21. The molecule has 7 nitrogen and oxygen atoms in total. The average molecular weight is 487 g/mol. The van der Waals surface area contributed by atoms with Gasteiger partial charge in [0.25, 0.3) is 5.56 Å². The SMILES string of the molecule is CC(=O)N1CCC(c2ccc3ncn(CC(=O)NCc4ccc(Cl)c(Cl)c4)c(=O)c3c2)CC1. The lowest BCUT2D eigenvalue weighted by molar-refractivity contribution is -0.129. The molecule has 0 unspecified atom stereocenters. The topological polar surface area (TPSA) is 84.3 Å². The summed E-state index contributed by atoms with van der Waals surface area (Å²) >= 11 is 11.9. The quantitative estimate of drug-likeness (QED) is 0.595. The number of fused-ring (bicyclic) bond motifs is 1. The minimum Gasteiger partial charge on any atom is -0.350 e. The predicted molar refractivity (Wildman–Crippen MR) is 129 cm³/mol. The first-order valence-electron chi connectivity index (χ1n) is 10.8. The van der Waals surface area contributed by atoms with E-state index < -0.39 is 0 Å². The van der Waals surface area contributed by atoms with Crippen molar-refractivity contribution < 1.29 is 9.59 Å². The third-order valence-corrected chi connectivity index (χ3v) is 6.79. The van der Waals surface area contributed by atoms with Crippen LogP contribution in [-0.2, 0) is 22.7 Å². The van der Waals surface area contributed by atoms with Crippen LogP contribution in [0.25, 0.3) is 10.9 Å². The normalized spacial score (nSPS) is 14.5. The zero-order valence-electron chi connectivity index (χ0n) is 18.2. The van der Waals surface area contributed by atoms with Crippen molar-refractivity contribution in [3.63, 3.8) is 0 Å². The monoisotopic (exact) mass is 486 g/mol. The number of likely N-dealkylation sites (tertiary alicyclic amines) is 1. The Hall–Kier alpha value is -2.90. The van der Waals surface area contributed by atoms with Crippen molar-refractivity contribution in [2.45, 2.75) is 38.8 Å². The van der Waals surface area contributed by atoms with Gasteiger partial charge in [-0.2, -0.15) is 0 Å². The molecule has 9 heteroatoms. The molecule has 0 radical (unpaired) electrons. The largest absolute Gasteiger partial charge is 0.350 e. The number of amides is 2. The van der Waals surface area contributed by atoms with E-state index in [0.29, 0.717) is 34.0 Å². The number of piperidine rings is 1. The van der Waals surface area contributed by atoms with Gasteiger partial charge in [0, 0.05) is 26.6 Å². The van der Waals surface area contributed by atoms with Gasteiger partial charge in [-0.05, 0) is 54.2 Å². The molecule has 2 heterocycles. The molecule has 0 atom stereocenters. The van der Waals surface area contributed by atoms with E-state index >= 15 is 0 Å². The average Bonchev–Trinajstić information content (AvgIpc) is 2.81. The summed E-state index contributed by atoms with van der Waals surface area (Å²) < 4.78 is 1.31. The Bertz CT molecular complexity index is 1270. The lowest BCUT2D eigenvalue weighted by Gasteiger charge is -2.31. The van der Waals surface area contributed by atoms with Crippen LogP contribution in [0.5, 0.6) is 0 Å². The second kappa shape index (κ2) is 9.93. The standard InChI is InChI=1S/C24H24Cl2N4O3/c1-15(31)29-8-6-17(7-9-29)18-3-5-22-19(11-18)24(33)30(14-28-22)13-23(32)27-12-16-2-4-20(25)21(26)10-16/h2-5,10-11,14,17H,6-9,12-13H2,1H3,(H,27,32). The Balaban J connectivity index is 1.46. The molecule has 4 rings (SSSR count). The Morgan fingerprint density at radius 1 is 1.09 bits per heavy atom. The molecule has 2 amide bonds. The fraction of sp³-hybridized carbons (Fsp3) is 0.333. The third kappa shape index (κ3) is 5.37. The molecular formula is C24H24Cl2N4O3. The first-order valence-corrected chi connectivity index (χ1v) is 11.5. The molecule has 3 aromatic rings. The summed E-state index contributed by atoms with van der Waals surface area (Å²) in [6.45, 7) is 3.16. The Morgan fingerprint density at radius 2 is 1.85 bits per heavy atom. The van der Waals surface area contributed by atoms with Gasteiger partial charge in [-0.1, -0.05) is 35.3 Å². The molecule has 1 aliphatic rings. The number of halogens is 2. The lowest BCUT2D eigenvalue weighted by atomic mass is 9.89. The number of hydrogen-bond donors (Lipinski definition) is 1. The number of carbonyl (C=O) groups excluding carboxylic acids is 2. The smallest absolute Gasteiger partial charge is 0.261 e. The number of benzene rings is 2. The Morgan fingerprint density at radius 3 is 2.55 bits per heavy atom. The van der Waals surface area contributed by atoms with Gasteiger partial charge in [0.05, 0.1) is 27.3 Å². The molecule has 0 saturated carbocycles. The van der Waals surface area contributed by atoms with Crippen molar-refractivity contribution in [2.75, 3.05) is 13.1 Å². The van der Waals surface area contributed by atoms with Gasteiger partial charge in [-0.25, -0.2) is 4.98 Å². The van der Waals surface area contributed by atoms with Crippen LogP contribution in [0.15, 0.2) is 47.5 Å². The van der Waals surface area contributed by atoms with Crippen LogP contribution in [-0.4, -0.2) is 39.4 Å². The third-order valence-electron chi connectivity index (χ3n) is 6.05. The number of nitrogens with one attached hydrogen (secondary N) is 1. The van der Waals surface area contributed by atoms with Gasteiger partial charge in [0.1, 0.15) is 6.54 Å². The molecule has 1 saturated heterocycles. The predicted octanol–water partition coefficient (Wildman–Crippen LogP) is 3.75. The van der Waals surface area contributed by atoms with Crippen LogP contribution in [0.1, 0.15) is 36.8 Å². The molecule has 0 aliphatic carbocycles. The van der Waals surface area contributed by atoms with Crippen molar-refractivity contribution in [3.8, 4) is 0 Å². The van der Waals surface area contributed by atoms with Gasteiger partial charge in [-0.3, -0.25) is 19.0 Å². The van der Waals surface area contributed by atoms with E-state index in [0.717, 1.165) is 24.0 Å². The van der Waals surface area contributed by atoms with Crippen molar-refractivity contribution in [3.05, 3.63) is 74.3 Å². The zero-order valence-corrected chi connectivity index (χ0v) is 19.7. The van der Waals surface area contributed by atoms with Crippen LogP contribution >= 0.6 is 23.2 Å². The maximum Gasteiger partial charge on any atom is 0.261 e. The summed E-state index contributed by atoms with van der Waals surface area (Å²) in [4.78, 5) is 43.3. The summed E-state index contributed by atoms with van der Waals surface area (Å²) in [7, 11) is 0. The molecule has 0 bridgehead atoms. The summed E-state index contributed by atoms with van der Waals surface area (Å²) in [5.74, 6) is 0.0705. The molecule has 1 aliphatic heterocycles. The fourth-order valence-corrected chi connectivity index (χ4v) is 4.45. The minimum absolute atomic E-state index is 0.0940. The second-order valence-electron chi connectivity index (χ2n) is 8.26. The van der Waals surface area contributed by atoms with E-state index in [9.17, 15) is 14.4 Å². The van der Waals surface area contributed by atoms with Crippen LogP contribution in [0.2, 0.25) is 10.0 Å². The molecule has 33 heavy (non-hydrogen) atoms. The van der Waals surface area contributed by atoms with E-state index in [-0.39, 0.29) is 36.4 Å². The lowest BCUT2D eigenvalue weighted by Crippen LogP contribution is -2.36. The minimum atomic E-state index is -0.308. The van der Waals surface area contributed by atoms with Gasteiger partial charge < -0.3 is 10.2 Å². The maximum atomic E-state index is 13.1. The van der Waals surface area contributed by atoms with E-state index in [2.05, 4.69) is 10.3 Å². The molecule has 0 spiro atoms. The van der Waals surface area contributed by atoms with Crippen molar-refractivity contribution in [1.82, 2.24) is 19.8 Å². The highest BCUT2D eigenvalue weighted by Crippen LogP contribution is 2.29. The van der Waals surface area contributed by atoms with Gasteiger partial charge in [0.15, 0.2) is 0 Å². The summed E-state index contributed by atoms with van der Waals surface area (Å²) in [6.07, 6.45) is 3.11. The fourth-order valence-electron chi connectivity index (χ4n) is 4.13. The maximum absolute atomic E-state index is 13.1. The van der Waals surface area contributed by atoms with Gasteiger partial charge in [0.2, 0.25) is 11.8 Å². The van der Waals surface area contributed by atoms with Crippen LogP contribution in [0, 0.1) is 0 Å². The molecule has 172 valence electrons. The van der Waals surface area contributed by atoms with Crippen LogP contribution in [0.3, 0.4) is 0 Å². The van der Waals surface area contributed by atoms with Crippen molar-refractivity contribution in [2.24, 2.45) is 0 Å². The summed E-state index contributed by atoms with van der Waals surface area (Å²) in [6, 6.07) is 10.9. The Labute approximate surface area is 201 Å². The Kier molecular flexibility index (Phi) is 7.00. The highest BCUT2D eigenvalue weighted by atomic mass is 35.5.